The van der Waals surface area contributed by atoms with Crippen LogP contribution in [0.25, 0.3) is 0 Å². The molecule has 0 radical (unpaired) electrons. The molecule has 2 aromatic carbocycles. The van der Waals surface area contributed by atoms with Crippen LogP contribution >= 0.6 is 11.6 Å². The van der Waals surface area contributed by atoms with Crippen molar-refractivity contribution in [2.24, 2.45) is 0 Å². The molecule has 0 saturated carbocycles. The van der Waals surface area contributed by atoms with Crippen LogP contribution in [-0.2, 0) is 10.0 Å². The molecule has 0 spiro atoms. The second-order valence-electron chi connectivity index (χ2n) is 4.91. The Hall–Kier alpha value is -1.76. The fourth-order valence-corrected chi connectivity index (χ4v) is 3.78. The summed E-state index contributed by atoms with van der Waals surface area (Å²) in [6.07, 6.45) is 0. The number of hydrogen-bond donors (Lipinski definition) is 1. The van der Waals surface area contributed by atoms with Crippen LogP contribution in [-0.4, -0.2) is 22.6 Å². The van der Waals surface area contributed by atoms with Gasteiger partial charge in [0.25, 0.3) is 0 Å². The van der Waals surface area contributed by atoms with E-state index in [-0.39, 0.29) is 10.6 Å². The van der Waals surface area contributed by atoms with Crippen molar-refractivity contribution in [1.82, 2.24) is 4.72 Å². The molecule has 0 aliphatic rings. The quantitative estimate of drug-likeness (QED) is 0.862. The van der Waals surface area contributed by atoms with Crippen molar-refractivity contribution in [2.45, 2.75) is 17.9 Å². The molecule has 5 nitrogen and oxygen atoms in total. The fraction of sp³-hybridized carbons (Fsp3) is 0.250. The zero-order chi connectivity index (χ0) is 17.0. The van der Waals surface area contributed by atoms with Crippen LogP contribution in [0.4, 0.5) is 0 Å². The molecule has 0 aromatic heterocycles. The molecule has 2 rings (SSSR count). The summed E-state index contributed by atoms with van der Waals surface area (Å²) in [7, 11) is -0.791. The number of ether oxygens (including phenoxy) is 2. The van der Waals surface area contributed by atoms with Gasteiger partial charge in [-0.15, -0.1) is 0 Å². The Kier molecular flexibility index (Phi) is 5.51. The molecule has 0 fully saturated rings. The van der Waals surface area contributed by atoms with E-state index in [0.29, 0.717) is 10.8 Å². The normalized spacial score (nSPS) is 12.7. The molecule has 124 valence electrons. The Bertz CT molecular complexity index is 775. The van der Waals surface area contributed by atoms with Gasteiger partial charge in [0.1, 0.15) is 16.4 Å². The average Bonchev–Trinajstić information content (AvgIpc) is 2.54. The van der Waals surface area contributed by atoms with Crippen molar-refractivity contribution in [3.63, 3.8) is 0 Å². The van der Waals surface area contributed by atoms with Crippen molar-refractivity contribution in [3.05, 3.63) is 53.1 Å². The molecule has 0 saturated heterocycles. The monoisotopic (exact) mass is 355 g/mol. The summed E-state index contributed by atoms with van der Waals surface area (Å²) in [5, 5.41) is 0.322. The first kappa shape index (κ1) is 17.6. The third kappa shape index (κ3) is 4.16. The molecule has 7 heteroatoms. The Morgan fingerprint density at radius 1 is 1.04 bits per heavy atom. The maximum Gasteiger partial charge on any atom is 0.244 e. The molecule has 1 atom stereocenters. The molecule has 23 heavy (non-hydrogen) atoms. The van der Waals surface area contributed by atoms with Crippen LogP contribution in [0.3, 0.4) is 0 Å². The topological polar surface area (TPSA) is 64.6 Å². The smallest absolute Gasteiger partial charge is 0.244 e. The number of halogens is 1. The van der Waals surface area contributed by atoms with Crippen molar-refractivity contribution >= 4 is 21.6 Å². The minimum atomic E-state index is -3.78. The van der Waals surface area contributed by atoms with Gasteiger partial charge in [-0.05, 0) is 42.8 Å². The van der Waals surface area contributed by atoms with Crippen LogP contribution in [0.5, 0.6) is 11.5 Å². The van der Waals surface area contributed by atoms with E-state index in [0.717, 1.165) is 5.56 Å². The van der Waals surface area contributed by atoms with Crippen molar-refractivity contribution in [2.75, 3.05) is 14.2 Å². The lowest BCUT2D eigenvalue weighted by atomic mass is 10.1. The van der Waals surface area contributed by atoms with Gasteiger partial charge in [-0.1, -0.05) is 23.7 Å². The fourth-order valence-electron chi connectivity index (χ4n) is 2.12. The lowest BCUT2D eigenvalue weighted by Crippen LogP contribution is -2.27. The van der Waals surface area contributed by atoms with Gasteiger partial charge in [-0.2, -0.15) is 0 Å². The third-order valence-electron chi connectivity index (χ3n) is 3.36. The van der Waals surface area contributed by atoms with Crippen LogP contribution in [0.1, 0.15) is 18.5 Å². The van der Waals surface area contributed by atoms with E-state index in [1.807, 2.05) is 0 Å². The highest BCUT2D eigenvalue weighted by atomic mass is 35.5. The lowest BCUT2D eigenvalue weighted by molar-refractivity contribution is 0.402. The molecule has 0 bridgehead atoms. The summed E-state index contributed by atoms with van der Waals surface area (Å²) >= 11 is 5.91. The van der Waals surface area contributed by atoms with Gasteiger partial charge in [0, 0.05) is 11.1 Å². The Morgan fingerprint density at radius 3 is 2.26 bits per heavy atom. The van der Waals surface area contributed by atoms with Crippen molar-refractivity contribution in [1.29, 1.82) is 0 Å². The Balaban J connectivity index is 2.28. The second-order valence-corrected chi connectivity index (χ2v) is 7.03. The van der Waals surface area contributed by atoms with Crippen LogP contribution in [0.15, 0.2) is 47.4 Å². The number of hydrogen-bond acceptors (Lipinski definition) is 4. The SMILES string of the molecule is COc1ccc([C@H](C)NS(=O)(=O)c2cc(Cl)ccc2OC)cc1. The molecule has 0 aliphatic carbocycles. The average molecular weight is 356 g/mol. The molecule has 1 N–H and O–H groups in total. The second kappa shape index (κ2) is 7.21. The van der Waals surface area contributed by atoms with E-state index in [9.17, 15) is 8.42 Å². The first-order valence-corrected chi connectivity index (χ1v) is 8.73. The summed E-state index contributed by atoms with van der Waals surface area (Å²) in [5.41, 5.74) is 0.815. The zero-order valence-electron chi connectivity index (χ0n) is 13.0. The lowest BCUT2D eigenvalue weighted by Gasteiger charge is -2.16. The summed E-state index contributed by atoms with van der Waals surface area (Å²) in [5.74, 6) is 0.948. The highest BCUT2D eigenvalue weighted by Crippen LogP contribution is 2.28. The Labute approximate surface area is 141 Å². The van der Waals surface area contributed by atoms with Gasteiger partial charge in [-0.3, -0.25) is 0 Å². The summed E-state index contributed by atoms with van der Waals surface area (Å²) in [4.78, 5) is 0.00728. The molecule has 2 aromatic rings. The largest absolute Gasteiger partial charge is 0.497 e. The zero-order valence-corrected chi connectivity index (χ0v) is 14.6. The summed E-state index contributed by atoms with van der Waals surface area (Å²) in [6.45, 7) is 1.76. The number of methoxy groups -OCH3 is 2. The molecule has 0 aliphatic heterocycles. The third-order valence-corrected chi connectivity index (χ3v) is 5.16. The van der Waals surface area contributed by atoms with E-state index >= 15 is 0 Å². The number of sulfonamides is 1. The predicted octanol–water partition coefficient (Wildman–Crippen LogP) is 3.40. The Morgan fingerprint density at radius 2 is 1.70 bits per heavy atom. The first-order chi connectivity index (χ1) is 10.9. The maximum atomic E-state index is 12.6. The molecule has 0 unspecified atom stereocenters. The standard InChI is InChI=1S/C16H18ClNO4S/c1-11(12-4-7-14(21-2)8-5-12)18-23(19,20)16-10-13(17)6-9-15(16)22-3/h4-11,18H,1-3H3/t11-/m0/s1. The van der Waals surface area contributed by atoms with Gasteiger partial charge in [0.2, 0.25) is 10.0 Å². The van der Waals surface area contributed by atoms with Crippen LogP contribution < -0.4 is 14.2 Å². The highest BCUT2D eigenvalue weighted by molar-refractivity contribution is 7.89. The van der Waals surface area contributed by atoms with E-state index in [4.69, 9.17) is 21.1 Å². The van der Waals surface area contributed by atoms with E-state index in [1.54, 1.807) is 44.4 Å². The summed E-state index contributed by atoms with van der Waals surface area (Å²) < 4.78 is 38.0. The van der Waals surface area contributed by atoms with Gasteiger partial charge in [-0.25, -0.2) is 13.1 Å². The first-order valence-electron chi connectivity index (χ1n) is 6.87. The molecule has 0 amide bonds. The van der Waals surface area contributed by atoms with Gasteiger partial charge in [0.15, 0.2) is 0 Å². The minimum absolute atomic E-state index is 0.00728. The number of benzene rings is 2. The number of rotatable bonds is 6. The van der Waals surface area contributed by atoms with Gasteiger partial charge in [0.05, 0.1) is 14.2 Å². The van der Waals surface area contributed by atoms with Gasteiger partial charge >= 0.3 is 0 Å². The molecular formula is C16H18ClNO4S. The van der Waals surface area contributed by atoms with Gasteiger partial charge < -0.3 is 9.47 Å². The number of nitrogens with one attached hydrogen (secondary N) is 1. The van der Waals surface area contributed by atoms with Crippen molar-refractivity contribution in [3.8, 4) is 11.5 Å². The van der Waals surface area contributed by atoms with E-state index in [1.165, 1.54) is 19.2 Å². The maximum absolute atomic E-state index is 12.6. The van der Waals surface area contributed by atoms with E-state index in [2.05, 4.69) is 4.72 Å². The molecule has 0 heterocycles. The minimum Gasteiger partial charge on any atom is -0.497 e. The molecular weight excluding hydrogens is 338 g/mol. The predicted molar refractivity (Wildman–Crippen MR) is 89.7 cm³/mol. The summed E-state index contributed by atoms with van der Waals surface area (Å²) in [6, 6.07) is 11.2. The van der Waals surface area contributed by atoms with Crippen molar-refractivity contribution < 1.29 is 17.9 Å². The highest BCUT2D eigenvalue weighted by Gasteiger charge is 2.22. The van der Waals surface area contributed by atoms with Crippen LogP contribution in [0.2, 0.25) is 5.02 Å². The van der Waals surface area contributed by atoms with Crippen LogP contribution in [0, 0.1) is 0 Å². The van der Waals surface area contributed by atoms with E-state index < -0.39 is 16.1 Å².